The second-order valence-corrected chi connectivity index (χ2v) is 6.84. The summed E-state index contributed by atoms with van der Waals surface area (Å²) in [7, 11) is 0. The van der Waals surface area contributed by atoms with E-state index in [1.807, 2.05) is 0 Å². The van der Waals surface area contributed by atoms with Crippen LogP contribution in [0.3, 0.4) is 0 Å². The van der Waals surface area contributed by atoms with Crippen LogP contribution in [0.25, 0.3) is 0 Å². The predicted molar refractivity (Wildman–Crippen MR) is 87.6 cm³/mol. The fraction of sp³-hybridized carbons (Fsp3) is 0.529. The zero-order chi connectivity index (χ0) is 18.9. The Balaban J connectivity index is 1.56. The van der Waals surface area contributed by atoms with E-state index in [9.17, 15) is 19.2 Å². The third-order valence-corrected chi connectivity index (χ3v) is 4.94. The van der Waals surface area contributed by atoms with Crippen LogP contribution in [-0.4, -0.2) is 41.0 Å². The van der Waals surface area contributed by atoms with Gasteiger partial charge in [-0.05, 0) is 44.6 Å². The topological polar surface area (TPSA) is 118 Å². The largest absolute Gasteiger partial charge is 0.469 e. The van der Waals surface area contributed by atoms with Gasteiger partial charge in [0.25, 0.3) is 11.8 Å². The molecule has 0 aromatic carbocycles. The lowest BCUT2D eigenvalue weighted by molar-refractivity contribution is -0.141. The average molecular weight is 363 g/mol. The highest BCUT2D eigenvalue weighted by Crippen LogP contribution is 2.35. The molecular formula is C17H21N3O6. The molecule has 9 heteroatoms. The second-order valence-electron chi connectivity index (χ2n) is 6.84. The summed E-state index contributed by atoms with van der Waals surface area (Å²) in [5.41, 5.74) is 1.48. The van der Waals surface area contributed by atoms with Crippen LogP contribution in [0.4, 0.5) is 4.79 Å². The summed E-state index contributed by atoms with van der Waals surface area (Å²) in [6, 6.07) is 0.760. The molecule has 1 spiro atoms. The van der Waals surface area contributed by atoms with E-state index in [0.29, 0.717) is 29.5 Å². The van der Waals surface area contributed by atoms with Crippen LogP contribution in [-0.2, 0) is 14.3 Å². The first-order valence-electron chi connectivity index (χ1n) is 8.50. The normalized spacial score (nSPS) is 25.3. The van der Waals surface area contributed by atoms with Gasteiger partial charge in [0.15, 0.2) is 6.61 Å². The minimum absolute atomic E-state index is 0.211. The Kier molecular flexibility index (Phi) is 4.71. The maximum atomic E-state index is 12.6. The number of nitrogens with one attached hydrogen (secondary N) is 2. The van der Waals surface area contributed by atoms with Crippen LogP contribution in [0.5, 0.6) is 0 Å². The van der Waals surface area contributed by atoms with E-state index >= 15 is 0 Å². The molecule has 0 unspecified atom stereocenters. The minimum Gasteiger partial charge on any atom is -0.469 e. The Labute approximate surface area is 150 Å². The van der Waals surface area contributed by atoms with E-state index in [0.717, 1.165) is 12.8 Å². The van der Waals surface area contributed by atoms with E-state index in [4.69, 9.17) is 9.15 Å². The third kappa shape index (κ3) is 3.29. The molecule has 0 atom stereocenters. The minimum atomic E-state index is -0.943. The quantitative estimate of drug-likeness (QED) is 0.614. The molecule has 3 rings (SSSR count). The number of carbonyl (C=O) groups excluding carboxylic acids is 4. The maximum absolute atomic E-state index is 12.6. The molecule has 1 aliphatic heterocycles. The van der Waals surface area contributed by atoms with Crippen LogP contribution < -0.4 is 10.7 Å². The van der Waals surface area contributed by atoms with Gasteiger partial charge in [0.1, 0.15) is 16.9 Å². The number of ether oxygens (including phenoxy) is 1. The zero-order valence-corrected chi connectivity index (χ0v) is 14.7. The predicted octanol–water partition coefficient (Wildman–Crippen LogP) is 1.28. The summed E-state index contributed by atoms with van der Waals surface area (Å²) in [6.45, 7) is 3.07. The van der Waals surface area contributed by atoms with Crippen molar-refractivity contribution in [3.8, 4) is 0 Å². The number of hydrazine groups is 1. The average Bonchev–Trinajstić information content (AvgIpc) is 3.13. The molecule has 4 amide bonds. The van der Waals surface area contributed by atoms with Crippen LogP contribution >= 0.6 is 0 Å². The number of hydrogen-bond acceptors (Lipinski definition) is 6. The summed E-state index contributed by atoms with van der Waals surface area (Å²) < 4.78 is 9.87. The smallest absolute Gasteiger partial charge is 0.344 e. The van der Waals surface area contributed by atoms with Crippen molar-refractivity contribution in [1.82, 2.24) is 15.8 Å². The van der Waals surface area contributed by atoms with Crippen molar-refractivity contribution in [2.24, 2.45) is 5.92 Å². The van der Waals surface area contributed by atoms with Gasteiger partial charge >= 0.3 is 12.0 Å². The first-order chi connectivity index (χ1) is 12.3. The van der Waals surface area contributed by atoms with Gasteiger partial charge in [0.05, 0.1) is 6.26 Å². The molecule has 0 bridgehead atoms. The number of imide groups is 1. The highest BCUT2D eigenvalue weighted by Gasteiger charge is 2.52. The van der Waals surface area contributed by atoms with Gasteiger partial charge in [0, 0.05) is 0 Å². The summed E-state index contributed by atoms with van der Waals surface area (Å²) in [5.74, 6) is -1.09. The van der Waals surface area contributed by atoms with E-state index in [1.165, 1.54) is 12.3 Å². The number of urea groups is 1. The molecule has 26 heavy (non-hydrogen) atoms. The van der Waals surface area contributed by atoms with Crippen molar-refractivity contribution in [3.63, 3.8) is 0 Å². The summed E-state index contributed by atoms with van der Waals surface area (Å²) in [5, 5.41) is 3.37. The lowest BCUT2D eigenvalue weighted by atomic mass is 9.77. The molecule has 2 N–H and O–H groups in total. The Morgan fingerprint density at radius 2 is 2.08 bits per heavy atom. The van der Waals surface area contributed by atoms with Gasteiger partial charge < -0.3 is 14.5 Å². The molecular weight excluding hydrogens is 342 g/mol. The molecule has 0 radical (unpaired) electrons. The lowest BCUT2D eigenvalue weighted by Gasteiger charge is -2.33. The third-order valence-electron chi connectivity index (χ3n) is 4.94. The number of hydrogen-bond donors (Lipinski definition) is 2. The van der Waals surface area contributed by atoms with E-state index in [2.05, 4.69) is 17.7 Å². The molecule has 1 saturated heterocycles. The summed E-state index contributed by atoms with van der Waals surface area (Å²) in [4.78, 5) is 48.6. The molecule has 2 heterocycles. The Bertz CT molecular complexity index is 747. The molecule has 1 aromatic rings. The SMILES string of the molecule is Cc1occc1C(=O)OCC(=O)NN1C(=O)NC2(CCC(C)CC2)C1=O. The van der Waals surface area contributed by atoms with Gasteiger partial charge in [-0.25, -0.2) is 9.59 Å². The number of nitrogens with zero attached hydrogens (tertiary/aromatic N) is 1. The number of rotatable bonds is 4. The first kappa shape index (κ1) is 18.0. The zero-order valence-electron chi connectivity index (χ0n) is 14.7. The number of amides is 4. The van der Waals surface area contributed by atoms with Gasteiger partial charge in [-0.3, -0.25) is 15.0 Å². The van der Waals surface area contributed by atoms with Gasteiger partial charge in [-0.1, -0.05) is 6.92 Å². The molecule has 1 aliphatic carbocycles. The molecule has 2 fully saturated rings. The number of aryl methyl sites for hydroxylation is 1. The van der Waals surface area contributed by atoms with E-state index in [1.54, 1.807) is 6.92 Å². The van der Waals surface area contributed by atoms with Crippen molar-refractivity contribution in [2.45, 2.75) is 45.1 Å². The maximum Gasteiger partial charge on any atom is 0.344 e. The van der Waals surface area contributed by atoms with Crippen molar-refractivity contribution >= 4 is 23.8 Å². The van der Waals surface area contributed by atoms with Crippen molar-refractivity contribution < 1.29 is 28.3 Å². The molecule has 9 nitrogen and oxygen atoms in total. The van der Waals surface area contributed by atoms with E-state index < -0.39 is 36.0 Å². The fourth-order valence-corrected chi connectivity index (χ4v) is 3.28. The second kappa shape index (κ2) is 6.81. The summed E-state index contributed by atoms with van der Waals surface area (Å²) in [6.07, 6.45) is 4.08. The van der Waals surface area contributed by atoms with Crippen LogP contribution in [0.1, 0.15) is 48.7 Å². The van der Waals surface area contributed by atoms with Gasteiger partial charge in [0.2, 0.25) is 0 Å². The van der Waals surface area contributed by atoms with Crippen LogP contribution in [0, 0.1) is 12.8 Å². The Hall–Kier alpha value is -2.84. The molecule has 140 valence electrons. The number of esters is 1. The van der Waals surface area contributed by atoms with Gasteiger partial charge in [-0.15, -0.1) is 0 Å². The monoisotopic (exact) mass is 363 g/mol. The van der Waals surface area contributed by atoms with Gasteiger partial charge in [-0.2, -0.15) is 5.01 Å². The number of carbonyl (C=O) groups is 4. The van der Waals surface area contributed by atoms with Crippen molar-refractivity contribution in [1.29, 1.82) is 0 Å². The fourth-order valence-electron chi connectivity index (χ4n) is 3.28. The molecule has 2 aliphatic rings. The Morgan fingerprint density at radius 1 is 1.38 bits per heavy atom. The standard InChI is InChI=1S/C17H21N3O6/c1-10-3-6-17(7-4-10)15(23)20(16(24)18-17)19-13(21)9-26-14(22)12-5-8-25-11(12)2/h5,8,10H,3-4,6-7,9H2,1-2H3,(H,18,24)(H,19,21). The number of furan rings is 1. The highest BCUT2D eigenvalue weighted by molar-refractivity contribution is 6.08. The van der Waals surface area contributed by atoms with E-state index in [-0.39, 0.29) is 5.56 Å². The van der Waals surface area contributed by atoms with Crippen molar-refractivity contribution in [3.05, 3.63) is 23.7 Å². The molecule has 1 saturated carbocycles. The lowest BCUT2D eigenvalue weighted by Crippen LogP contribution is -2.52. The Morgan fingerprint density at radius 3 is 2.69 bits per heavy atom. The van der Waals surface area contributed by atoms with Crippen LogP contribution in [0.15, 0.2) is 16.7 Å². The highest BCUT2D eigenvalue weighted by atomic mass is 16.5. The van der Waals surface area contributed by atoms with Crippen molar-refractivity contribution in [2.75, 3.05) is 6.61 Å². The molecule has 1 aromatic heterocycles. The summed E-state index contributed by atoms with van der Waals surface area (Å²) >= 11 is 0. The first-order valence-corrected chi connectivity index (χ1v) is 8.50. The van der Waals surface area contributed by atoms with Crippen LogP contribution in [0.2, 0.25) is 0 Å².